The molecule has 0 aliphatic heterocycles. The summed E-state index contributed by atoms with van der Waals surface area (Å²) in [7, 11) is 0. The van der Waals surface area contributed by atoms with Crippen molar-refractivity contribution in [2.75, 3.05) is 6.67 Å². The largest absolute Gasteiger partial charge is 0.388 e. The van der Waals surface area contributed by atoms with Crippen molar-refractivity contribution in [3.05, 3.63) is 0 Å². The first-order valence-electron chi connectivity index (χ1n) is 3.28. The van der Waals surface area contributed by atoms with Gasteiger partial charge in [0, 0.05) is 0 Å². The summed E-state index contributed by atoms with van der Waals surface area (Å²) in [5, 5.41) is 34.9. The Morgan fingerprint density at radius 2 is 1.67 bits per heavy atom. The lowest BCUT2D eigenvalue weighted by atomic mass is 10.0. The number of halogens is 1. The monoisotopic (exact) mass is 181 g/mol. The minimum absolute atomic E-state index is 0.0150. The molecule has 0 aromatic carbocycles. The van der Waals surface area contributed by atoms with Crippen molar-refractivity contribution in [1.82, 2.24) is 0 Å². The van der Waals surface area contributed by atoms with Gasteiger partial charge in [-0.25, -0.2) is 4.39 Å². The number of aliphatic hydroxyl groups excluding tert-OH is 4. The third kappa shape index (κ3) is 2.82. The Labute approximate surface area is 68.1 Å². The molecule has 0 amide bonds. The molecule has 0 bridgehead atoms. The van der Waals surface area contributed by atoms with Crippen molar-refractivity contribution < 1.29 is 29.6 Å². The topological polar surface area (TPSA) is 98.0 Å². The van der Waals surface area contributed by atoms with Crippen LogP contribution < -0.4 is 0 Å². The van der Waals surface area contributed by atoms with Gasteiger partial charge in [-0.15, -0.1) is 0 Å². The molecule has 0 rings (SSSR count). The minimum atomic E-state index is -1.87. The minimum Gasteiger partial charge on any atom is -0.388 e. The molecule has 4 N–H and O–H groups in total. The molecule has 12 heavy (non-hydrogen) atoms. The summed E-state index contributed by atoms with van der Waals surface area (Å²) >= 11 is 0. The Hall–Kier alpha value is -0.560. The molecule has 0 aliphatic carbocycles. The molecule has 6 heteroatoms. The zero-order chi connectivity index (χ0) is 9.72. The fourth-order valence-electron chi connectivity index (χ4n) is 0.601. The van der Waals surface area contributed by atoms with Crippen LogP contribution in [0.5, 0.6) is 0 Å². The molecule has 0 aliphatic rings. The summed E-state index contributed by atoms with van der Waals surface area (Å²) in [4.78, 5) is 9.87. The Balaban J connectivity index is 4.07. The van der Waals surface area contributed by atoms with E-state index in [1.807, 2.05) is 0 Å². The van der Waals surface area contributed by atoms with E-state index in [1.54, 1.807) is 0 Å². The van der Waals surface area contributed by atoms with E-state index in [4.69, 9.17) is 20.4 Å². The van der Waals surface area contributed by atoms with E-state index in [-0.39, 0.29) is 6.29 Å². The highest BCUT2D eigenvalue weighted by molar-refractivity contribution is 5.56. The number of rotatable bonds is 5. The number of carbonyl (C=O) groups is 1. The molecule has 0 aromatic rings. The van der Waals surface area contributed by atoms with Crippen molar-refractivity contribution >= 4 is 6.29 Å². The van der Waals surface area contributed by atoms with Crippen LogP contribution in [-0.2, 0) is 4.79 Å². The molecule has 0 heterocycles. The van der Waals surface area contributed by atoms with Crippen LogP contribution in [0.3, 0.4) is 0 Å². The second-order valence-corrected chi connectivity index (χ2v) is 2.33. The van der Waals surface area contributed by atoms with Crippen LogP contribution >= 0.6 is 0 Å². The van der Waals surface area contributed by atoms with Crippen molar-refractivity contribution in [2.24, 2.45) is 0 Å². The summed E-state index contributed by atoms with van der Waals surface area (Å²) in [6.07, 6.45) is -7.36. The highest BCUT2D eigenvalue weighted by Gasteiger charge is 2.29. The number of aldehydes is 1. The van der Waals surface area contributed by atoms with Crippen molar-refractivity contribution in [3.63, 3.8) is 0 Å². The Morgan fingerprint density at radius 3 is 2.00 bits per heavy atom. The molecular formula is C6H11FO5. The third-order valence-corrected chi connectivity index (χ3v) is 1.39. The average molecular weight is 181 g/mol. The van der Waals surface area contributed by atoms with E-state index in [0.717, 1.165) is 0 Å². The van der Waals surface area contributed by atoms with Gasteiger partial charge >= 0.3 is 0 Å². The SMILES string of the molecule is O=C[C@H](O)[C@@H](O)[C@@H](O)[C@H](O)C[18F]. The zero-order valence-electron chi connectivity index (χ0n) is 6.17. The van der Waals surface area contributed by atoms with Crippen LogP contribution in [0.15, 0.2) is 0 Å². The van der Waals surface area contributed by atoms with Gasteiger partial charge in [0.2, 0.25) is 0 Å². The molecule has 0 fully saturated rings. The summed E-state index contributed by atoms with van der Waals surface area (Å²) < 4.78 is 11.7. The van der Waals surface area contributed by atoms with Crippen LogP contribution in [0.2, 0.25) is 0 Å². The van der Waals surface area contributed by atoms with Gasteiger partial charge in [-0.3, -0.25) is 0 Å². The number of alkyl halides is 1. The van der Waals surface area contributed by atoms with E-state index in [0.29, 0.717) is 0 Å². The molecule has 4 atom stereocenters. The van der Waals surface area contributed by atoms with Crippen LogP contribution in [0.25, 0.3) is 0 Å². The van der Waals surface area contributed by atoms with E-state index < -0.39 is 31.1 Å². The lowest BCUT2D eigenvalue weighted by molar-refractivity contribution is -0.134. The van der Waals surface area contributed by atoms with Crippen LogP contribution in [-0.4, -0.2) is 57.8 Å². The second-order valence-electron chi connectivity index (χ2n) is 2.33. The van der Waals surface area contributed by atoms with Gasteiger partial charge < -0.3 is 25.2 Å². The fraction of sp³-hybridized carbons (Fsp3) is 0.833. The predicted octanol–water partition coefficient (Wildman–Crippen LogP) is -2.40. The van der Waals surface area contributed by atoms with Gasteiger partial charge in [0.1, 0.15) is 31.1 Å². The summed E-state index contributed by atoms with van der Waals surface area (Å²) in [5.41, 5.74) is 0. The quantitative estimate of drug-likeness (QED) is 0.354. The highest BCUT2D eigenvalue weighted by atomic mass is 18.2. The molecule has 0 saturated heterocycles. The van der Waals surface area contributed by atoms with Gasteiger partial charge in [0.05, 0.1) is 0 Å². The molecule has 0 unspecified atom stereocenters. The predicted molar refractivity (Wildman–Crippen MR) is 36.1 cm³/mol. The van der Waals surface area contributed by atoms with Crippen molar-refractivity contribution in [2.45, 2.75) is 24.4 Å². The molecular weight excluding hydrogens is 170 g/mol. The maximum Gasteiger partial charge on any atom is 0.151 e. The highest BCUT2D eigenvalue weighted by Crippen LogP contribution is 2.04. The fourth-order valence-corrected chi connectivity index (χ4v) is 0.601. The smallest absolute Gasteiger partial charge is 0.151 e. The summed E-state index contributed by atoms with van der Waals surface area (Å²) in [6.45, 7) is -1.26. The van der Waals surface area contributed by atoms with Crippen LogP contribution in [0, 0.1) is 0 Å². The third-order valence-electron chi connectivity index (χ3n) is 1.39. The number of carbonyl (C=O) groups excluding carboxylic acids is 1. The Kier molecular flexibility index (Phi) is 4.91. The number of hydrogen-bond acceptors (Lipinski definition) is 5. The second kappa shape index (κ2) is 5.15. The summed E-state index contributed by atoms with van der Waals surface area (Å²) in [5.74, 6) is 0. The van der Waals surface area contributed by atoms with Gasteiger partial charge in [0.15, 0.2) is 6.29 Å². The number of aliphatic hydroxyl groups is 4. The standard InChI is InChI=1S/C6H11FO5/c7-1-3(9)5(11)6(12)4(10)2-8/h2-6,9-12H,1H2/t3-,4+,5+,6-/m1/s1/i7-1. The molecule has 0 aromatic heterocycles. The first-order valence-corrected chi connectivity index (χ1v) is 3.28. The molecule has 0 radical (unpaired) electrons. The lowest BCUT2D eigenvalue weighted by Crippen LogP contribution is -2.45. The Bertz CT molecular complexity index is 142. The van der Waals surface area contributed by atoms with E-state index in [2.05, 4.69) is 0 Å². The first kappa shape index (κ1) is 11.4. The summed E-state index contributed by atoms with van der Waals surface area (Å²) in [6, 6.07) is 0. The molecule has 5 nitrogen and oxygen atoms in total. The van der Waals surface area contributed by atoms with Crippen LogP contribution in [0.4, 0.5) is 4.39 Å². The molecule has 72 valence electrons. The first-order chi connectivity index (χ1) is 5.54. The maximum absolute atomic E-state index is 11.7. The van der Waals surface area contributed by atoms with Gasteiger partial charge in [-0.1, -0.05) is 0 Å². The van der Waals surface area contributed by atoms with E-state index >= 15 is 0 Å². The lowest BCUT2D eigenvalue weighted by Gasteiger charge is -2.21. The molecule has 0 saturated carbocycles. The average Bonchev–Trinajstić information content (AvgIpc) is 2.12. The van der Waals surface area contributed by atoms with E-state index in [9.17, 15) is 9.18 Å². The Morgan fingerprint density at radius 1 is 1.17 bits per heavy atom. The van der Waals surface area contributed by atoms with Gasteiger partial charge in [0.25, 0.3) is 0 Å². The van der Waals surface area contributed by atoms with E-state index in [1.165, 1.54) is 0 Å². The van der Waals surface area contributed by atoms with Crippen molar-refractivity contribution in [3.8, 4) is 0 Å². The number of hydrogen-bond donors (Lipinski definition) is 4. The maximum atomic E-state index is 11.7. The van der Waals surface area contributed by atoms with Crippen molar-refractivity contribution in [1.29, 1.82) is 0 Å². The normalized spacial score (nSPS) is 21.1. The van der Waals surface area contributed by atoms with Gasteiger partial charge in [-0.05, 0) is 0 Å². The van der Waals surface area contributed by atoms with Gasteiger partial charge in [-0.2, -0.15) is 0 Å². The molecule has 0 spiro atoms. The zero-order valence-corrected chi connectivity index (χ0v) is 6.17. The van der Waals surface area contributed by atoms with Crippen LogP contribution in [0.1, 0.15) is 0 Å².